The topological polar surface area (TPSA) is 17.1 Å². The number of carbonyl (C=O) groups excluding carboxylic acids is 1. The maximum absolute atomic E-state index is 11.1. The maximum atomic E-state index is 11.1. The Morgan fingerprint density at radius 2 is 1.94 bits per heavy atom. The highest BCUT2D eigenvalue weighted by Crippen LogP contribution is 2.26. The number of Topliss-reactive ketones (excluding diaryl/α,β-unsaturated/α-hetero) is 1. The van der Waals surface area contributed by atoms with E-state index in [9.17, 15) is 4.79 Å². The molecular formula is C15H20O. The van der Waals surface area contributed by atoms with Crippen LogP contribution in [0.3, 0.4) is 0 Å². The molecule has 0 radical (unpaired) electrons. The molecule has 1 aliphatic carbocycles. The van der Waals surface area contributed by atoms with Crippen molar-refractivity contribution in [3.05, 3.63) is 34.9 Å². The zero-order chi connectivity index (χ0) is 11.5. The molecule has 0 saturated carbocycles. The second-order valence-electron chi connectivity index (χ2n) is 5.04. The zero-order valence-electron chi connectivity index (χ0n) is 10.3. The molecule has 0 N–H and O–H groups in total. The Balaban J connectivity index is 2.19. The number of hydrogen-bond acceptors (Lipinski definition) is 1. The summed E-state index contributed by atoms with van der Waals surface area (Å²) in [6, 6.07) is 6.79. The summed E-state index contributed by atoms with van der Waals surface area (Å²) in [4.78, 5) is 11.1. The highest BCUT2D eigenvalue weighted by Gasteiger charge is 2.13. The number of rotatable bonds is 3. The van der Waals surface area contributed by atoms with Crippen LogP contribution in [-0.2, 0) is 17.6 Å². The van der Waals surface area contributed by atoms with E-state index in [-0.39, 0.29) is 5.78 Å². The number of hydrogen-bond donors (Lipinski definition) is 0. The Bertz CT molecular complexity index is 392. The third-order valence-electron chi connectivity index (χ3n) is 3.54. The molecule has 1 unspecified atom stereocenters. The summed E-state index contributed by atoms with van der Waals surface area (Å²) in [5.74, 6) is 0.648. The van der Waals surface area contributed by atoms with Crippen LogP contribution in [0, 0.1) is 0 Å². The number of fused-ring (bicyclic) bond motifs is 1. The lowest BCUT2D eigenvalue weighted by Crippen LogP contribution is -2.06. The van der Waals surface area contributed by atoms with Gasteiger partial charge in [0.25, 0.3) is 0 Å². The third-order valence-corrected chi connectivity index (χ3v) is 3.54. The van der Waals surface area contributed by atoms with Crippen molar-refractivity contribution in [2.45, 2.75) is 51.9 Å². The summed E-state index contributed by atoms with van der Waals surface area (Å²) in [7, 11) is 0. The Morgan fingerprint density at radius 3 is 2.62 bits per heavy atom. The molecule has 0 aromatic heterocycles. The molecule has 0 bridgehead atoms. The lowest BCUT2D eigenvalue weighted by atomic mass is 9.87. The molecule has 1 atom stereocenters. The van der Waals surface area contributed by atoms with Gasteiger partial charge in [-0.15, -0.1) is 0 Å². The largest absolute Gasteiger partial charge is 0.300 e. The van der Waals surface area contributed by atoms with Crippen LogP contribution in [0.15, 0.2) is 18.2 Å². The standard InChI is InChI=1S/C15H20O/c1-11(9-12(2)16)14-8-7-13-5-3-4-6-15(13)10-14/h7-8,10-11H,3-6,9H2,1-2H3. The van der Waals surface area contributed by atoms with E-state index in [1.165, 1.54) is 42.4 Å². The predicted molar refractivity (Wildman–Crippen MR) is 66.8 cm³/mol. The van der Waals surface area contributed by atoms with Crippen molar-refractivity contribution >= 4 is 5.78 Å². The van der Waals surface area contributed by atoms with Gasteiger partial charge in [0.1, 0.15) is 5.78 Å². The molecule has 2 rings (SSSR count). The molecular weight excluding hydrogens is 196 g/mol. The summed E-state index contributed by atoms with van der Waals surface area (Å²) in [5.41, 5.74) is 4.36. The van der Waals surface area contributed by atoms with Crippen LogP contribution >= 0.6 is 0 Å². The number of aryl methyl sites for hydroxylation is 2. The maximum Gasteiger partial charge on any atom is 0.130 e. The van der Waals surface area contributed by atoms with Crippen LogP contribution in [-0.4, -0.2) is 5.78 Å². The first-order valence-corrected chi connectivity index (χ1v) is 6.28. The lowest BCUT2D eigenvalue weighted by molar-refractivity contribution is -0.117. The first-order chi connectivity index (χ1) is 7.66. The summed E-state index contributed by atoms with van der Waals surface area (Å²) < 4.78 is 0. The number of benzene rings is 1. The SMILES string of the molecule is CC(=O)CC(C)c1ccc2c(c1)CCCC2. The first kappa shape index (κ1) is 11.4. The van der Waals surface area contributed by atoms with Crippen molar-refractivity contribution < 1.29 is 4.79 Å². The van der Waals surface area contributed by atoms with Gasteiger partial charge in [-0.05, 0) is 55.2 Å². The zero-order valence-corrected chi connectivity index (χ0v) is 10.3. The van der Waals surface area contributed by atoms with Gasteiger partial charge in [-0.2, -0.15) is 0 Å². The molecule has 1 nitrogen and oxygen atoms in total. The highest BCUT2D eigenvalue weighted by atomic mass is 16.1. The van der Waals surface area contributed by atoms with Crippen LogP contribution in [0.2, 0.25) is 0 Å². The van der Waals surface area contributed by atoms with Crippen molar-refractivity contribution in [3.63, 3.8) is 0 Å². The molecule has 1 aromatic rings. The number of ketones is 1. The van der Waals surface area contributed by atoms with Gasteiger partial charge in [-0.1, -0.05) is 25.1 Å². The molecule has 0 aliphatic heterocycles. The normalized spacial score (nSPS) is 16.6. The second kappa shape index (κ2) is 4.82. The summed E-state index contributed by atoms with van der Waals surface area (Å²) in [6.45, 7) is 3.82. The second-order valence-corrected chi connectivity index (χ2v) is 5.04. The van der Waals surface area contributed by atoms with Gasteiger partial charge in [0.05, 0.1) is 0 Å². The van der Waals surface area contributed by atoms with Crippen molar-refractivity contribution in [2.24, 2.45) is 0 Å². The molecule has 0 fully saturated rings. The van der Waals surface area contributed by atoms with Crippen molar-refractivity contribution in [3.8, 4) is 0 Å². The number of carbonyl (C=O) groups is 1. The Kier molecular flexibility index (Phi) is 3.42. The Labute approximate surface area is 97.9 Å². The molecule has 1 heteroatoms. The lowest BCUT2D eigenvalue weighted by Gasteiger charge is -2.18. The van der Waals surface area contributed by atoms with Gasteiger partial charge in [0.15, 0.2) is 0 Å². The fourth-order valence-corrected chi connectivity index (χ4v) is 2.61. The van der Waals surface area contributed by atoms with Gasteiger partial charge in [-0.3, -0.25) is 0 Å². The molecule has 0 spiro atoms. The van der Waals surface area contributed by atoms with E-state index in [0.29, 0.717) is 12.3 Å². The van der Waals surface area contributed by atoms with Gasteiger partial charge >= 0.3 is 0 Å². The molecule has 0 saturated heterocycles. The van der Waals surface area contributed by atoms with Crippen LogP contribution in [0.1, 0.15) is 55.7 Å². The smallest absolute Gasteiger partial charge is 0.130 e. The molecule has 0 amide bonds. The van der Waals surface area contributed by atoms with E-state index in [2.05, 4.69) is 25.1 Å². The van der Waals surface area contributed by atoms with Crippen molar-refractivity contribution in [1.29, 1.82) is 0 Å². The predicted octanol–water partition coefficient (Wildman–Crippen LogP) is 3.65. The molecule has 16 heavy (non-hydrogen) atoms. The average Bonchev–Trinajstić information content (AvgIpc) is 2.27. The minimum Gasteiger partial charge on any atom is -0.300 e. The van der Waals surface area contributed by atoms with E-state index in [0.717, 1.165) is 0 Å². The van der Waals surface area contributed by atoms with Gasteiger partial charge < -0.3 is 4.79 Å². The summed E-state index contributed by atoms with van der Waals surface area (Å²) in [6.07, 6.45) is 5.76. The van der Waals surface area contributed by atoms with Crippen LogP contribution in [0.4, 0.5) is 0 Å². The third kappa shape index (κ3) is 2.52. The highest BCUT2D eigenvalue weighted by molar-refractivity contribution is 5.76. The summed E-state index contributed by atoms with van der Waals surface area (Å²) in [5, 5.41) is 0. The van der Waals surface area contributed by atoms with Crippen LogP contribution < -0.4 is 0 Å². The minimum absolute atomic E-state index is 0.283. The molecule has 0 heterocycles. The Morgan fingerprint density at radius 1 is 1.25 bits per heavy atom. The van der Waals surface area contributed by atoms with E-state index < -0.39 is 0 Å². The minimum atomic E-state index is 0.283. The average molecular weight is 216 g/mol. The fourth-order valence-electron chi connectivity index (χ4n) is 2.61. The van der Waals surface area contributed by atoms with Crippen molar-refractivity contribution in [1.82, 2.24) is 0 Å². The summed E-state index contributed by atoms with van der Waals surface area (Å²) >= 11 is 0. The van der Waals surface area contributed by atoms with Crippen molar-refractivity contribution in [2.75, 3.05) is 0 Å². The van der Waals surface area contributed by atoms with E-state index in [1.54, 1.807) is 6.92 Å². The van der Waals surface area contributed by atoms with E-state index >= 15 is 0 Å². The van der Waals surface area contributed by atoms with E-state index in [1.807, 2.05) is 0 Å². The molecule has 86 valence electrons. The quantitative estimate of drug-likeness (QED) is 0.753. The van der Waals surface area contributed by atoms with Gasteiger partial charge in [0.2, 0.25) is 0 Å². The van der Waals surface area contributed by atoms with Gasteiger partial charge in [-0.25, -0.2) is 0 Å². The monoisotopic (exact) mass is 216 g/mol. The van der Waals surface area contributed by atoms with Crippen LogP contribution in [0.5, 0.6) is 0 Å². The molecule has 1 aromatic carbocycles. The fraction of sp³-hybridized carbons (Fsp3) is 0.533. The van der Waals surface area contributed by atoms with Gasteiger partial charge in [0, 0.05) is 6.42 Å². The molecule has 1 aliphatic rings. The van der Waals surface area contributed by atoms with E-state index in [4.69, 9.17) is 0 Å². The van der Waals surface area contributed by atoms with Crippen LogP contribution in [0.25, 0.3) is 0 Å². The Hall–Kier alpha value is -1.11. The first-order valence-electron chi connectivity index (χ1n) is 6.28.